The van der Waals surface area contributed by atoms with Gasteiger partial charge in [-0.2, -0.15) is 0 Å². The number of piperidine rings is 1. The van der Waals surface area contributed by atoms with Gasteiger partial charge in [-0.05, 0) is 31.2 Å². The van der Waals surface area contributed by atoms with Gasteiger partial charge in [-0.3, -0.25) is 0 Å². The van der Waals surface area contributed by atoms with Crippen molar-refractivity contribution in [3.63, 3.8) is 0 Å². The summed E-state index contributed by atoms with van der Waals surface area (Å²) in [5.41, 5.74) is 0.359. The molecule has 4 rings (SSSR count). The smallest absolute Gasteiger partial charge is 0.214 e. The average molecular weight is 382 g/mol. The normalized spacial score (nSPS) is 23.6. The Bertz CT molecular complexity index is 938. The van der Waals surface area contributed by atoms with Crippen molar-refractivity contribution in [2.75, 3.05) is 36.8 Å². The van der Waals surface area contributed by atoms with E-state index in [1.165, 1.54) is 6.33 Å². The molecule has 1 atom stereocenters. The van der Waals surface area contributed by atoms with Gasteiger partial charge in [-0.15, -0.1) is 0 Å². The van der Waals surface area contributed by atoms with E-state index in [-0.39, 0.29) is 11.7 Å². The van der Waals surface area contributed by atoms with Crippen molar-refractivity contribution in [1.29, 1.82) is 0 Å². The minimum Gasteiger partial charge on any atom is -0.356 e. The predicted molar refractivity (Wildman–Crippen MR) is 94.4 cm³/mol. The molecule has 0 spiro atoms. The lowest BCUT2D eigenvalue weighted by Crippen LogP contribution is -2.42. The second-order valence-electron chi connectivity index (χ2n) is 6.96. The van der Waals surface area contributed by atoms with E-state index >= 15 is 0 Å². The molecule has 0 amide bonds. The molecule has 6 nitrogen and oxygen atoms in total. The maximum atomic E-state index is 13.7. The fraction of sp³-hybridized carbons (Fsp3) is 0.529. The van der Waals surface area contributed by atoms with Crippen LogP contribution in [-0.4, -0.2) is 54.6 Å². The fourth-order valence-electron chi connectivity index (χ4n) is 3.88. The predicted octanol–water partition coefficient (Wildman–Crippen LogP) is 2.16. The number of benzene rings is 1. The van der Waals surface area contributed by atoms with E-state index < -0.39 is 21.7 Å². The number of anilines is 1. The molecule has 140 valence electrons. The number of rotatable bonds is 3. The molecule has 2 saturated heterocycles. The number of nitrogens with zero attached hydrogens (tertiary/aromatic N) is 4. The maximum absolute atomic E-state index is 13.7. The second kappa shape index (κ2) is 6.70. The molecule has 0 saturated carbocycles. The van der Waals surface area contributed by atoms with Crippen molar-refractivity contribution in [3.05, 3.63) is 30.1 Å². The Morgan fingerprint density at radius 2 is 1.92 bits per heavy atom. The van der Waals surface area contributed by atoms with E-state index in [1.54, 1.807) is 4.31 Å². The Morgan fingerprint density at radius 1 is 1.12 bits per heavy atom. The monoisotopic (exact) mass is 382 g/mol. The first-order chi connectivity index (χ1) is 12.4. The van der Waals surface area contributed by atoms with Crippen molar-refractivity contribution in [2.24, 2.45) is 5.92 Å². The molecule has 1 aromatic heterocycles. The van der Waals surface area contributed by atoms with Gasteiger partial charge < -0.3 is 4.90 Å². The molecule has 3 heterocycles. The van der Waals surface area contributed by atoms with E-state index in [0.717, 1.165) is 31.5 Å². The summed E-state index contributed by atoms with van der Waals surface area (Å²) in [6, 6.07) is 2.21. The molecule has 0 radical (unpaired) electrons. The van der Waals surface area contributed by atoms with Crippen LogP contribution in [0, 0.1) is 17.6 Å². The lowest BCUT2D eigenvalue weighted by Gasteiger charge is -2.35. The highest BCUT2D eigenvalue weighted by molar-refractivity contribution is 7.89. The van der Waals surface area contributed by atoms with Gasteiger partial charge in [0, 0.05) is 37.6 Å². The number of hydrogen-bond donors (Lipinski definition) is 0. The summed E-state index contributed by atoms with van der Waals surface area (Å²) < 4.78 is 52.8. The van der Waals surface area contributed by atoms with Gasteiger partial charge >= 0.3 is 0 Å². The SMILES string of the molecule is O=S1(=O)CCCN1CC1CCCN(c2ncnc3cc(F)c(F)cc23)C1. The molecular formula is C17H20F2N4O2S. The van der Waals surface area contributed by atoms with Gasteiger partial charge in [0.25, 0.3) is 0 Å². The molecule has 2 aliphatic rings. The Labute approximate surface area is 150 Å². The first kappa shape index (κ1) is 17.5. The lowest BCUT2D eigenvalue weighted by molar-refractivity contribution is 0.320. The molecule has 0 N–H and O–H groups in total. The quantitative estimate of drug-likeness (QED) is 0.814. The number of halogens is 2. The molecule has 2 fully saturated rings. The van der Waals surface area contributed by atoms with Gasteiger partial charge in [0.1, 0.15) is 12.1 Å². The lowest BCUT2D eigenvalue weighted by atomic mass is 9.97. The molecule has 2 aliphatic heterocycles. The van der Waals surface area contributed by atoms with Crippen LogP contribution in [0.4, 0.5) is 14.6 Å². The highest BCUT2D eigenvalue weighted by Crippen LogP contribution is 2.30. The van der Waals surface area contributed by atoms with Gasteiger partial charge in [0.2, 0.25) is 10.0 Å². The molecule has 0 aliphatic carbocycles. The Kier molecular flexibility index (Phi) is 4.52. The average Bonchev–Trinajstić information content (AvgIpc) is 2.94. The molecular weight excluding hydrogens is 362 g/mol. The van der Waals surface area contributed by atoms with Gasteiger partial charge in [0.05, 0.1) is 11.3 Å². The van der Waals surface area contributed by atoms with Crippen molar-refractivity contribution in [1.82, 2.24) is 14.3 Å². The summed E-state index contributed by atoms with van der Waals surface area (Å²) in [5, 5.41) is 0.473. The number of fused-ring (bicyclic) bond motifs is 1. The topological polar surface area (TPSA) is 66.4 Å². The molecule has 2 aromatic rings. The van der Waals surface area contributed by atoms with Crippen molar-refractivity contribution >= 4 is 26.7 Å². The minimum atomic E-state index is -3.12. The third-order valence-corrected chi connectivity index (χ3v) is 7.06. The number of sulfonamides is 1. The van der Waals surface area contributed by atoms with E-state index in [1.807, 2.05) is 4.90 Å². The summed E-state index contributed by atoms with van der Waals surface area (Å²) >= 11 is 0. The van der Waals surface area contributed by atoms with Crippen LogP contribution in [0.5, 0.6) is 0 Å². The zero-order chi connectivity index (χ0) is 18.3. The zero-order valence-corrected chi connectivity index (χ0v) is 15.1. The zero-order valence-electron chi connectivity index (χ0n) is 14.2. The van der Waals surface area contributed by atoms with E-state index in [9.17, 15) is 17.2 Å². The molecule has 1 aromatic carbocycles. The molecule has 1 unspecified atom stereocenters. The fourth-order valence-corrected chi connectivity index (χ4v) is 5.48. The highest BCUT2D eigenvalue weighted by atomic mass is 32.2. The van der Waals surface area contributed by atoms with Crippen LogP contribution >= 0.6 is 0 Å². The van der Waals surface area contributed by atoms with Gasteiger partial charge in [-0.25, -0.2) is 31.5 Å². The van der Waals surface area contributed by atoms with E-state index in [0.29, 0.717) is 42.8 Å². The Balaban J connectivity index is 1.58. The standard InChI is InChI=1S/C17H20F2N4O2S/c18-14-7-13-16(8-15(14)19)20-11-21-17(13)22-4-1-3-12(9-22)10-23-5-2-6-26(23,24)25/h7-8,11-12H,1-6,9-10H2. The number of hydrogen-bond acceptors (Lipinski definition) is 5. The summed E-state index contributed by atoms with van der Waals surface area (Å²) in [5.74, 6) is -0.872. The van der Waals surface area contributed by atoms with Crippen LogP contribution in [0.2, 0.25) is 0 Å². The van der Waals surface area contributed by atoms with Crippen LogP contribution < -0.4 is 4.90 Å². The summed E-state index contributed by atoms with van der Waals surface area (Å²) in [6.45, 7) is 2.47. The van der Waals surface area contributed by atoms with Crippen LogP contribution in [-0.2, 0) is 10.0 Å². The maximum Gasteiger partial charge on any atom is 0.214 e. The van der Waals surface area contributed by atoms with Crippen LogP contribution in [0.3, 0.4) is 0 Å². The molecule has 9 heteroatoms. The Hall–Kier alpha value is -1.87. The third-order valence-electron chi connectivity index (χ3n) is 5.14. The van der Waals surface area contributed by atoms with E-state index in [4.69, 9.17) is 0 Å². The van der Waals surface area contributed by atoms with Gasteiger partial charge in [0.15, 0.2) is 11.6 Å². The molecule has 0 bridgehead atoms. The second-order valence-corrected chi connectivity index (χ2v) is 9.05. The van der Waals surface area contributed by atoms with Crippen molar-refractivity contribution in [3.8, 4) is 0 Å². The highest BCUT2D eigenvalue weighted by Gasteiger charge is 2.32. The summed E-state index contributed by atoms with van der Waals surface area (Å²) in [7, 11) is -3.12. The largest absolute Gasteiger partial charge is 0.356 e. The summed E-state index contributed by atoms with van der Waals surface area (Å²) in [4.78, 5) is 10.3. The Morgan fingerprint density at radius 3 is 2.69 bits per heavy atom. The number of aromatic nitrogens is 2. The minimum absolute atomic E-state index is 0.187. The van der Waals surface area contributed by atoms with Crippen LogP contribution in [0.1, 0.15) is 19.3 Å². The summed E-state index contributed by atoms with van der Waals surface area (Å²) in [6.07, 6.45) is 3.87. The van der Waals surface area contributed by atoms with Crippen molar-refractivity contribution in [2.45, 2.75) is 19.3 Å². The van der Waals surface area contributed by atoms with Gasteiger partial charge in [-0.1, -0.05) is 0 Å². The first-order valence-corrected chi connectivity index (χ1v) is 10.4. The van der Waals surface area contributed by atoms with Crippen molar-refractivity contribution < 1.29 is 17.2 Å². The third kappa shape index (κ3) is 3.25. The molecule has 26 heavy (non-hydrogen) atoms. The van der Waals surface area contributed by atoms with Crippen LogP contribution in [0.25, 0.3) is 10.9 Å². The van der Waals surface area contributed by atoms with E-state index in [2.05, 4.69) is 9.97 Å². The van der Waals surface area contributed by atoms with Crippen LogP contribution in [0.15, 0.2) is 18.5 Å². The first-order valence-electron chi connectivity index (χ1n) is 8.76.